The van der Waals surface area contributed by atoms with E-state index in [0.29, 0.717) is 6.42 Å². The van der Waals surface area contributed by atoms with Crippen LogP contribution in [0.5, 0.6) is 0 Å². The van der Waals surface area contributed by atoms with Crippen LogP contribution in [-0.2, 0) is 4.79 Å². The van der Waals surface area contributed by atoms with Gasteiger partial charge >= 0.3 is 0 Å². The summed E-state index contributed by atoms with van der Waals surface area (Å²) in [4.78, 5) is 11.6. The summed E-state index contributed by atoms with van der Waals surface area (Å²) in [6.45, 7) is 0. The van der Waals surface area contributed by atoms with Crippen molar-refractivity contribution in [2.45, 2.75) is 6.42 Å². The van der Waals surface area contributed by atoms with Crippen LogP contribution in [-0.4, -0.2) is 12.8 Å². The summed E-state index contributed by atoms with van der Waals surface area (Å²) in [6, 6.07) is 0. The second kappa shape index (κ2) is 3.52. The number of carbonyl (C=O) groups is 1. The van der Waals surface area contributed by atoms with Crippen molar-refractivity contribution in [2.75, 3.05) is 7.05 Å². The number of nitrogens with one attached hydrogen (secondary N) is 1. The highest BCUT2D eigenvalue weighted by Gasteiger charge is 2.33. The van der Waals surface area contributed by atoms with Crippen molar-refractivity contribution < 1.29 is 9.86 Å². The molecular formula is C11H13NO2. The maximum Gasteiger partial charge on any atom is 0.144 e. The van der Waals surface area contributed by atoms with Crippen LogP contribution in [0.15, 0.2) is 36.1 Å². The number of allylic oxidation sites excluding steroid dienone is 5. The van der Waals surface area contributed by atoms with Crippen LogP contribution in [0.1, 0.15) is 6.42 Å². The standard InChI is InChI=1S/C11H13NO2/c1-12(14)10-6-2-5-9-8(10)4-3-7-11(9)13/h2-6,8-9,12H,7H2,1H3. The number of hydrogen-bond acceptors (Lipinski definition) is 2. The Morgan fingerprint density at radius 3 is 2.93 bits per heavy atom. The number of hydroxylamine groups is 2. The number of carbonyl (C=O) groups excluding carboxylic acids is 1. The predicted molar refractivity (Wildman–Crippen MR) is 53.2 cm³/mol. The normalized spacial score (nSPS) is 32.4. The second-order valence-electron chi connectivity index (χ2n) is 3.71. The van der Waals surface area contributed by atoms with Crippen LogP contribution < -0.4 is 5.06 Å². The lowest BCUT2D eigenvalue weighted by Crippen LogP contribution is -3.02. The number of quaternary nitrogens is 1. The van der Waals surface area contributed by atoms with Crippen LogP contribution in [0, 0.1) is 17.0 Å². The molecule has 74 valence electrons. The Hall–Kier alpha value is -1.19. The first-order valence-corrected chi connectivity index (χ1v) is 4.79. The quantitative estimate of drug-likeness (QED) is 0.476. The van der Waals surface area contributed by atoms with E-state index >= 15 is 0 Å². The number of rotatable bonds is 1. The SMILES string of the molecule is C[NH+]([O-])C1=CC=CC2C(=O)CC=CC12. The first kappa shape index (κ1) is 9.37. The van der Waals surface area contributed by atoms with Gasteiger partial charge in [-0.3, -0.25) is 4.79 Å². The van der Waals surface area contributed by atoms with Gasteiger partial charge < -0.3 is 10.3 Å². The molecule has 0 aromatic rings. The van der Waals surface area contributed by atoms with Gasteiger partial charge in [0.15, 0.2) is 0 Å². The smallest absolute Gasteiger partial charge is 0.144 e. The van der Waals surface area contributed by atoms with Gasteiger partial charge in [0.05, 0.1) is 18.9 Å². The summed E-state index contributed by atoms with van der Waals surface area (Å²) in [5.41, 5.74) is 0.752. The maximum atomic E-state index is 11.6. The van der Waals surface area contributed by atoms with E-state index in [4.69, 9.17) is 0 Å². The molecule has 0 aromatic carbocycles. The average molecular weight is 191 g/mol. The molecule has 2 aliphatic carbocycles. The second-order valence-corrected chi connectivity index (χ2v) is 3.71. The molecule has 3 unspecified atom stereocenters. The van der Waals surface area contributed by atoms with Gasteiger partial charge in [-0.05, 0) is 6.08 Å². The summed E-state index contributed by atoms with van der Waals surface area (Å²) < 4.78 is 0. The molecule has 3 heteroatoms. The number of Topliss-reactive ketones (excluding diaryl/α,β-unsaturated/α-hetero) is 1. The van der Waals surface area contributed by atoms with Crippen molar-refractivity contribution in [3.8, 4) is 0 Å². The summed E-state index contributed by atoms with van der Waals surface area (Å²) >= 11 is 0. The molecule has 0 saturated carbocycles. The van der Waals surface area contributed by atoms with Crippen molar-refractivity contribution in [3.05, 3.63) is 41.3 Å². The van der Waals surface area contributed by atoms with Crippen LogP contribution in [0.3, 0.4) is 0 Å². The minimum atomic E-state index is -0.108. The molecule has 0 saturated heterocycles. The van der Waals surface area contributed by atoms with E-state index in [1.165, 1.54) is 0 Å². The molecule has 1 N–H and O–H groups in total. The fourth-order valence-electron chi connectivity index (χ4n) is 2.05. The molecule has 3 nitrogen and oxygen atoms in total. The Morgan fingerprint density at radius 2 is 2.21 bits per heavy atom. The molecule has 0 amide bonds. The third-order valence-electron chi connectivity index (χ3n) is 2.78. The van der Waals surface area contributed by atoms with E-state index in [-0.39, 0.29) is 22.7 Å². The minimum Gasteiger partial charge on any atom is -0.629 e. The Labute approximate surface area is 83.0 Å². The fourth-order valence-corrected chi connectivity index (χ4v) is 2.05. The fraction of sp³-hybridized carbons (Fsp3) is 0.364. The zero-order valence-electron chi connectivity index (χ0n) is 8.07. The Morgan fingerprint density at radius 1 is 1.43 bits per heavy atom. The van der Waals surface area contributed by atoms with Gasteiger partial charge in [-0.15, -0.1) is 0 Å². The van der Waals surface area contributed by atoms with Crippen molar-refractivity contribution in [1.29, 1.82) is 0 Å². The van der Waals surface area contributed by atoms with Crippen LogP contribution in [0.2, 0.25) is 0 Å². The van der Waals surface area contributed by atoms with Gasteiger partial charge in [0.25, 0.3) is 0 Å². The van der Waals surface area contributed by atoms with Crippen molar-refractivity contribution in [2.24, 2.45) is 11.8 Å². The summed E-state index contributed by atoms with van der Waals surface area (Å²) in [5.74, 6) is 0.0863. The molecule has 2 rings (SSSR count). The molecule has 0 radical (unpaired) electrons. The number of fused-ring (bicyclic) bond motifs is 1. The topological polar surface area (TPSA) is 44.6 Å². The lowest BCUT2D eigenvalue weighted by atomic mass is 9.78. The summed E-state index contributed by atoms with van der Waals surface area (Å²) in [5, 5.41) is 11.4. The third kappa shape index (κ3) is 1.45. The first-order valence-electron chi connectivity index (χ1n) is 4.79. The van der Waals surface area contributed by atoms with E-state index in [1.54, 1.807) is 7.05 Å². The molecule has 3 atom stereocenters. The maximum absolute atomic E-state index is 11.6. The molecule has 0 heterocycles. The highest BCUT2D eigenvalue weighted by molar-refractivity contribution is 5.86. The zero-order valence-corrected chi connectivity index (χ0v) is 8.07. The van der Waals surface area contributed by atoms with Crippen LogP contribution in [0.4, 0.5) is 0 Å². The molecule has 2 aliphatic rings. The number of hydrogen-bond donors (Lipinski definition) is 1. The van der Waals surface area contributed by atoms with E-state index in [2.05, 4.69) is 0 Å². The van der Waals surface area contributed by atoms with E-state index < -0.39 is 0 Å². The van der Waals surface area contributed by atoms with Crippen molar-refractivity contribution in [3.63, 3.8) is 0 Å². The first-order chi connectivity index (χ1) is 6.70. The summed E-state index contributed by atoms with van der Waals surface area (Å²) in [7, 11) is 1.55. The zero-order chi connectivity index (χ0) is 10.1. The lowest BCUT2D eigenvalue weighted by molar-refractivity contribution is -0.786. The van der Waals surface area contributed by atoms with Crippen molar-refractivity contribution >= 4 is 5.78 Å². The lowest BCUT2D eigenvalue weighted by Gasteiger charge is -2.31. The highest BCUT2D eigenvalue weighted by atomic mass is 16.5. The largest absolute Gasteiger partial charge is 0.629 e. The summed E-state index contributed by atoms with van der Waals surface area (Å²) in [6.07, 6.45) is 9.85. The third-order valence-corrected chi connectivity index (χ3v) is 2.78. The highest BCUT2D eigenvalue weighted by Crippen LogP contribution is 2.29. The van der Waals surface area contributed by atoms with E-state index in [0.717, 1.165) is 5.70 Å². The molecule has 0 bridgehead atoms. The van der Waals surface area contributed by atoms with Gasteiger partial charge in [-0.25, -0.2) is 0 Å². The Kier molecular flexibility index (Phi) is 2.35. The van der Waals surface area contributed by atoms with Gasteiger partial charge in [-0.2, -0.15) is 0 Å². The predicted octanol–water partition coefficient (Wildman–Crippen LogP) is 0.214. The molecule has 0 spiro atoms. The Balaban J connectivity index is 2.34. The van der Waals surface area contributed by atoms with E-state index in [1.807, 2.05) is 30.4 Å². The molecule has 0 fully saturated rings. The van der Waals surface area contributed by atoms with Crippen LogP contribution >= 0.6 is 0 Å². The average Bonchev–Trinajstić information content (AvgIpc) is 2.17. The molecule has 0 aliphatic heterocycles. The van der Waals surface area contributed by atoms with E-state index in [9.17, 15) is 10.0 Å². The van der Waals surface area contributed by atoms with Gasteiger partial charge in [0.1, 0.15) is 11.5 Å². The molecular weight excluding hydrogens is 178 g/mol. The molecule has 14 heavy (non-hydrogen) atoms. The van der Waals surface area contributed by atoms with Gasteiger partial charge in [0.2, 0.25) is 0 Å². The van der Waals surface area contributed by atoms with Crippen molar-refractivity contribution in [1.82, 2.24) is 0 Å². The van der Waals surface area contributed by atoms with Gasteiger partial charge in [0, 0.05) is 6.42 Å². The Bertz CT molecular complexity index is 339. The monoisotopic (exact) mass is 191 g/mol. The van der Waals surface area contributed by atoms with Crippen LogP contribution in [0.25, 0.3) is 0 Å². The molecule has 0 aromatic heterocycles. The number of ketones is 1. The minimum absolute atomic E-state index is 0.0150. The van der Waals surface area contributed by atoms with Gasteiger partial charge in [-0.1, -0.05) is 24.3 Å².